The number of ether oxygens (including phenoxy) is 3. The second-order valence-electron chi connectivity index (χ2n) is 5.55. The molecule has 2 rings (SSSR count). The largest absolute Gasteiger partial charge is 0.467 e. The Morgan fingerprint density at radius 1 is 1.33 bits per heavy atom. The number of hydrogen-bond donors (Lipinski definition) is 0. The summed E-state index contributed by atoms with van der Waals surface area (Å²) in [6, 6.07) is -0.382. The van der Waals surface area contributed by atoms with E-state index in [1.54, 1.807) is 0 Å². The molecule has 2 saturated heterocycles. The maximum Gasteiger partial charge on any atom is 0.335 e. The summed E-state index contributed by atoms with van der Waals surface area (Å²) < 4.78 is 41.8. The van der Waals surface area contributed by atoms with Gasteiger partial charge in [0.15, 0.2) is 6.10 Å². The van der Waals surface area contributed by atoms with Crippen LogP contribution in [0, 0.1) is 0 Å². The molecule has 0 bridgehead atoms. The molecule has 7 nitrogen and oxygen atoms in total. The minimum absolute atomic E-state index is 0.0556. The molecule has 8 heteroatoms. The number of methoxy groups -OCH3 is 2. The van der Waals surface area contributed by atoms with E-state index in [9.17, 15) is 13.2 Å². The van der Waals surface area contributed by atoms with Crippen molar-refractivity contribution in [3.05, 3.63) is 0 Å². The SMILES string of the molecule is COCCS(=O)(=O)N1C(C)CCC2OC(C(=O)OC)CC21. The van der Waals surface area contributed by atoms with E-state index in [1.807, 2.05) is 6.92 Å². The van der Waals surface area contributed by atoms with Crippen LogP contribution in [-0.4, -0.2) is 69.6 Å². The highest BCUT2D eigenvalue weighted by Gasteiger charge is 2.49. The van der Waals surface area contributed by atoms with Crippen molar-refractivity contribution in [1.29, 1.82) is 0 Å². The van der Waals surface area contributed by atoms with Crippen LogP contribution in [0.5, 0.6) is 0 Å². The van der Waals surface area contributed by atoms with Gasteiger partial charge in [0.2, 0.25) is 10.0 Å². The molecule has 0 spiro atoms. The zero-order valence-electron chi connectivity index (χ0n) is 12.6. The zero-order valence-corrected chi connectivity index (χ0v) is 13.5. The first kappa shape index (κ1) is 16.7. The topological polar surface area (TPSA) is 82.1 Å². The number of carbonyl (C=O) groups is 1. The van der Waals surface area contributed by atoms with E-state index in [2.05, 4.69) is 0 Å². The molecule has 4 atom stereocenters. The fraction of sp³-hybridized carbons (Fsp3) is 0.923. The number of carbonyl (C=O) groups excluding carboxylic acids is 1. The average molecular weight is 321 g/mol. The summed E-state index contributed by atoms with van der Waals surface area (Å²) in [6.45, 7) is 2.05. The molecule has 0 aliphatic carbocycles. The van der Waals surface area contributed by atoms with Gasteiger partial charge in [0.1, 0.15) is 0 Å². The number of piperidine rings is 1. The van der Waals surface area contributed by atoms with Crippen LogP contribution >= 0.6 is 0 Å². The van der Waals surface area contributed by atoms with E-state index >= 15 is 0 Å². The molecule has 0 aromatic rings. The molecule has 0 N–H and O–H groups in total. The molecule has 0 aromatic heterocycles. The van der Waals surface area contributed by atoms with Crippen LogP contribution in [0.3, 0.4) is 0 Å². The second kappa shape index (κ2) is 6.60. The number of fused-ring (bicyclic) bond motifs is 1. The van der Waals surface area contributed by atoms with E-state index < -0.39 is 22.1 Å². The lowest BCUT2D eigenvalue weighted by atomic mass is 9.95. The Hall–Kier alpha value is -0.700. The molecule has 0 saturated carbocycles. The highest BCUT2D eigenvalue weighted by Crippen LogP contribution is 2.37. The third-order valence-electron chi connectivity index (χ3n) is 4.18. The number of hydrogen-bond acceptors (Lipinski definition) is 6. The number of sulfonamides is 1. The Kier molecular flexibility index (Phi) is 5.24. The third-order valence-corrected chi connectivity index (χ3v) is 6.14. The number of nitrogens with zero attached hydrogens (tertiary/aromatic N) is 1. The van der Waals surface area contributed by atoms with Crippen molar-refractivity contribution in [2.24, 2.45) is 0 Å². The predicted octanol–water partition coefficient (Wildman–Crippen LogP) is 0.146. The lowest BCUT2D eigenvalue weighted by molar-refractivity contribution is -0.153. The van der Waals surface area contributed by atoms with E-state index in [0.717, 1.165) is 12.8 Å². The lowest BCUT2D eigenvalue weighted by Crippen LogP contribution is -2.54. The minimum Gasteiger partial charge on any atom is -0.467 e. The standard InChI is InChI=1S/C13H23NO6S/c1-9-4-5-11-10(8-12(20-11)13(15)19-3)14(9)21(16,17)7-6-18-2/h9-12H,4-8H2,1-3H3. The van der Waals surface area contributed by atoms with Crippen molar-refractivity contribution in [3.8, 4) is 0 Å². The maximum atomic E-state index is 12.5. The van der Waals surface area contributed by atoms with Gasteiger partial charge in [-0.05, 0) is 19.8 Å². The molecule has 2 aliphatic rings. The number of esters is 1. The predicted molar refractivity (Wildman–Crippen MR) is 75.3 cm³/mol. The Labute approximate surface area is 125 Å². The minimum atomic E-state index is -3.43. The van der Waals surface area contributed by atoms with Crippen LogP contribution in [-0.2, 0) is 29.0 Å². The molecule has 2 heterocycles. The van der Waals surface area contributed by atoms with Crippen molar-refractivity contribution in [2.75, 3.05) is 26.6 Å². The van der Waals surface area contributed by atoms with E-state index in [0.29, 0.717) is 6.42 Å². The molecule has 21 heavy (non-hydrogen) atoms. The Morgan fingerprint density at radius 2 is 2.05 bits per heavy atom. The molecule has 2 aliphatic heterocycles. The summed E-state index contributed by atoms with van der Waals surface area (Å²) in [7, 11) is -0.643. The molecule has 2 fully saturated rings. The van der Waals surface area contributed by atoms with Crippen LogP contribution in [0.15, 0.2) is 0 Å². The van der Waals surface area contributed by atoms with Gasteiger partial charge in [0, 0.05) is 19.6 Å². The number of rotatable bonds is 5. The van der Waals surface area contributed by atoms with Crippen molar-refractivity contribution >= 4 is 16.0 Å². The Morgan fingerprint density at radius 3 is 2.67 bits per heavy atom. The quantitative estimate of drug-likeness (QED) is 0.670. The average Bonchev–Trinajstić information content (AvgIpc) is 2.87. The first-order valence-corrected chi connectivity index (χ1v) is 8.75. The maximum absolute atomic E-state index is 12.5. The molecular formula is C13H23NO6S. The van der Waals surface area contributed by atoms with Gasteiger partial charge in [-0.3, -0.25) is 0 Å². The first-order valence-electron chi connectivity index (χ1n) is 7.14. The van der Waals surface area contributed by atoms with E-state index in [4.69, 9.17) is 14.2 Å². The molecule has 122 valence electrons. The van der Waals surface area contributed by atoms with Gasteiger partial charge in [0.25, 0.3) is 0 Å². The Bertz CT molecular complexity index is 479. The van der Waals surface area contributed by atoms with E-state index in [1.165, 1.54) is 18.5 Å². The summed E-state index contributed by atoms with van der Waals surface area (Å²) in [5.74, 6) is -0.494. The van der Waals surface area contributed by atoms with Crippen LogP contribution in [0.2, 0.25) is 0 Å². The molecule has 0 aromatic carbocycles. The fourth-order valence-corrected chi connectivity index (χ4v) is 5.05. The summed E-state index contributed by atoms with van der Waals surface area (Å²) in [5, 5.41) is 0. The zero-order chi connectivity index (χ0) is 15.6. The van der Waals surface area contributed by atoms with Crippen molar-refractivity contribution in [2.45, 2.75) is 50.5 Å². The smallest absolute Gasteiger partial charge is 0.335 e. The van der Waals surface area contributed by atoms with Crippen LogP contribution < -0.4 is 0 Å². The van der Waals surface area contributed by atoms with Gasteiger partial charge in [-0.1, -0.05) is 0 Å². The van der Waals surface area contributed by atoms with Crippen molar-refractivity contribution < 1.29 is 27.4 Å². The first-order chi connectivity index (χ1) is 9.90. The Balaban J connectivity index is 2.18. The molecular weight excluding hydrogens is 298 g/mol. The summed E-state index contributed by atoms with van der Waals surface area (Å²) >= 11 is 0. The van der Waals surface area contributed by atoms with Gasteiger partial charge in [0.05, 0.1) is 31.6 Å². The second-order valence-corrected chi connectivity index (χ2v) is 7.55. The van der Waals surface area contributed by atoms with Gasteiger partial charge in [-0.25, -0.2) is 13.2 Å². The third kappa shape index (κ3) is 3.39. The summed E-state index contributed by atoms with van der Waals surface area (Å²) in [4.78, 5) is 11.6. The summed E-state index contributed by atoms with van der Waals surface area (Å²) in [6.07, 6.45) is 0.933. The van der Waals surface area contributed by atoms with Crippen molar-refractivity contribution in [3.63, 3.8) is 0 Å². The normalized spacial score (nSPS) is 33.7. The summed E-state index contributed by atoms with van der Waals surface area (Å²) in [5.41, 5.74) is 0. The van der Waals surface area contributed by atoms with Gasteiger partial charge < -0.3 is 14.2 Å². The van der Waals surface area contributed by atoms with Gasteiger partial charge >= 0.3 is 5.97 Å². The van der Waals surface area contributed by atoms with Crippen LogP contribution in [0.1, 0.15) is 26.2 Å². The van der Waals surface area contributed by atoms with Crippen LogP contribution in [0.4, 0.5) is 0 Å². The monoisotopic (exact) mass is 321 g/mol. The molecule has 0 amide bonds. The van der Waals surface area contributed by atoms with Gasteiger partial charge in [-0.2, -0.15) is 4.31 Å². The van der Waals surface area contributed by atoms with Crippen molar-refractivity contribution in [1.82, 2.24) is 4.31 Å². The highest BCUT2D eigenvalue weighted by molar-refractivity contribution is 7.89. The fourth-order valence-electron chi connectivity index (χ4n) is 3.17. The highest BCUT2D eigenvalue weighted by atomic mass is 32.2. The van der Waals surface area contributed by atoms with Crippen LogP contribution in [0.25, 0.3) is 0 Å². The van der Waals surface area contributed by atoms with E-state index in [-0.39, 0.29) is 30.5 Å². The lowest BCUT2D eigenvalue weighted by Gasteiger charge is -2.40. The molecule has 4 unspecified atom stereocenters. The molecule has 0 radical (unpaired) electrons. The van der Waals surface area contributed by atoms with Gasteiger partial charge in [-0.15, -0.1) is 0 Å².